The minimum absolute atomic E-state index is 0.0784. The molecule has 1 aliphatic carbocycles. The lowest BCUT2D eigenvalue weighted by atomic mass is 10.1. The van der Waals surface area contributed by atoms with Crippen LogP contribution in [0, 0.1) is 5.92 Å². The van der Waals surface area contributed by atoms with Gasteiger partial charge in [-0.1, -0.05) is 12.1 Å². The van der Waals surface area contributed by atoms with E-state index in [1.54, 1.807) is 0 Å². The van der Waals surface area contributed by atoms with E-state index in [9.17, 15) is 9.59 Å². The number of hydrogen-bond donors (Lipinski definition) is 3. The molecule has 2 amide bonds. The number of carbonyl (C=O) groups is 2. The SMILES string of the molecule is O=C(O)CCNC(=O)Nc1ccccc1N1CC2CCC1C2. The van der Waals surface area contributed by atoms with Crippen molar-refractivity contribution in [2.75, 3.05) is 23.3 Å². The van der Waals surface area contributed by atoms with Gasteiger partial charge in [0.15, 0.2) is 0 Å². The van der Waals surface area contributed by atoms with Crippen LogP contribution in [0.25, 0.3) is 0 Å². The predicted molar refractivity (Wildman–Crippen MR) is 84.2 cm³/mol. The van der Waals surface area contributed by atoms with Gasteiger partial charge in [0.05, 0.1) is 17.8 Å². The first-order valence-corrected chi connectivity index (χ1v) is 7.76. The number of benzene rings is 1. The quantitative estimate of drug-likeness (QED) is 0.779. The Kier molecular flexibility index (Phi) is 4.18. The number of fused-ring (bicyclic) bond motifs is 2. The van der Waals surface area contributed by atoms with Gasteiger partial charge in [-0.2, -0.15) is 0 Å². The maximum absolute atomic E-state index is 11.9. The van der Waals surface area contributed by atoms with E-state index in [0.717, 1.165) is 23.8 Å². The summed E-state index contributed by atoms with van der Waals surface area (Å²) in [5.74, 6) is -0.142. The fourth-order valence-corrected chi connectivity index (χ4v) is 3.50. The number of rotatable bonds is 5. The van der Waals surface area contributed by atoms with Crippen molar-refractivity contribution >= 4 is 23.4 Å². The molecular weight excluding hydrogens is 282 g/mol. The fourth-order valence-electron chi connectivity index (χ4n) is 3.50. The summed E-state index contributed by atoms with van der Waals surface area (Å²) in [5.41, 5.74) is 1.84. The number of nitrogens with one attached hydrogen (secondary N) is 2. The molecule has 1 aromatic rings. The lowest BCUT2D eigenvalue weighted by Gasteiger charge is -2.31. The van der Waals surface area contributed by atoms with Crippen molar-refractivity contribution in [1.29, 1.82) is 0 Å². The molecule has 2 unspecified atom stereocenters. The van der Waals surface area contributed by atoms with Crippen LogP contribution in [0.15, 0.2) is 24.3 Å². The number of carbonyl (C=O) groups excluding carboxylic acids is 1. The molecule has 118 valence electrons. The summed E-state index contributed by atoms with van der Waals surface area (Å²) < 4.78 is 0. The molecule has 1 saturated carbocycles. The normalized spacial score (nSPS) is 22.6. The Bertz CT molecular complexity index is 576. The predicted octanol–water partition coefficient (Wildman–Crippen LogP) is 2.27. The van der Waals surface area contributed by atoms with Gasteiger partial charge in [-0.25, -0.2) is 4.79 Å². The third kappa shape index (κ3) is 3.16. The van der Waals surface area contributed by atoms with Crippen LogP contribution in [-0.4, -0.2) is 36.2 Å². The van der Waals surface area contributed by atoms with Crippen molar-refractivity contribution in [2.45, 2.75) is 31.7 Å². The van der Waals surface area contributed by atoms with E-state index in [2.05, 4.69) is 15.5 Å². The summed E-state index contributed by atoms with van der Waals surface area (Å²) in [6, 6.07) is 8.02. The summed E-state index contributed by atoms with van der Waals surface area (Å²) in [7, 11) is 0. The minimum Gasteiger partial charge on any atom is -0.481 e. The van der Waals surface area contributed by atoms with Crippen LogP contribution >= 0.6 is 0 Å². The van der Waals surface area contributed by atoms with Gasteiger partial charge in [-0.3, -0.25) is 4.79 Å². The molecule has 2 bridgehead atoms. The third-order valence-electron chi connectivity index (χ3n) is 4.50. The molecule has 2 fully saturated rings. The molecule has 1 heterocycles. The molecule has 22 heavy (non-hydrogen) atoms. The number of carboxylic acids is 1. The first-order valence-electron chi connectivity index (χ1n) is 7.76. The Morgan fingerprint density at radius 3 is 2.77 bits per heavy atom. The summed E-state index contributed by atoms with van der Waals surface area (Å²) in [6.45, 7) is 1.18. The molecule has 3 N–H and O–H groups in total. The van der Waals surface area contributed by atoms with E-state index < -0.39 is 5.97 Å². The second-order valence-corrected chi connectivity index (χ2v) is 6.03. The second-order valence-electron chi connectivity index (χ2n) is 6.03. The molecule has 0 aromatic heterocycles. The fraction of sp³-hybridized carbons (Fsp3) is 0.500. The summed E-state index contributed by atoms with van der Waals surface area (Å²) >= 11 is 0. The topological polar surface area (TPSA) is 81.7 Å². The summed E-state index contributed by atoms with van der Waals surface area (Å²) in [4.78, 5) is 24.7. The van der Waals surface area contributed by atoms with E-state index in [0.29, 0.717) is 6.04 Å². The lowest BCUT2D eigenvalue weighted by molar-refractivity contribution is -0.136. The van der Waals surface area contributed by atoms with Gasteiger partial charge in [-0.05, 0) is 37.3 Å². The van der Waals surface area contributed by atoms with Crippen LogP contribution in [0.2, 0.25) is 0 Å². The molecule has 0 spiro atoms. The molecule has 1 saturated heterocycles. The zero-order chi connectivity index (χ0) is 15.5. The van der Waals surface area contributed by atoms with Crippen LogP contribution in [0.3, 0.4) is 0 Å². The highest BCUT2D eigenvalue weighted by Gasteiger charge is 2.38. The number of hydrogen-bond acceptors (Lipinski definition) is 3. The van der Waals surface area contributed by atoms with Crippen molar-refractivity contribution in [3.8, 4) is 0 Å². The summed E-state index contributed by atoms with van der Waals surface area (Å²) in [5, 5.41) is 14.0. The standard InChI is InChI=1S/C16H21N3O3/c20-15(21)7-8-17-16(22)18-13-3-1-2-4-14(13)19-10-11-5-6-12(19)9-11/h1-4,11-12H,5-10H2,(H,20,21)(H2,17,18,22). The first kappa shape index (κ1) is 14.7. The van der Waals surface area contributed by atoms with E-state index in [1.807, 2.05) is 24.3 Å². The average molecular weight is 303 g/mol. The highest BCUT2D eigenvalue weighted by molar-refractivity contribution is 5.93. The summed E-state index contributed by atoms with van der Waals surface area (Å²) in [6.07, 6.45) is 3.71. The van der Waals surface area contributed by atoms with Crippen LogP contribution in [0.5, 0.6) is 0 Å². The van der Waals surface area contributed by atoms with Gasteiger partial charge >= 0.3 is 12.0 Å². The highest BCUT2D eigenvalue weighted by Crippen LogP contribution is 2.42. The van der Waals surface area contributed by atoms with Crippen LogP contribution < -0.4 is 15.5 Å². The monoisotopic (exact) mass is 303 g/mol. The number of nitrogens with zero attached hydrogens (tertiary/aromatic N) is 1. The second kappa shape index (κ2) is 6.25. The number of amides is 2. The molecule has 2 aliphatic rings. The number of piperidine rings is 1. The highest BCUT2D eigenvalue weighted by atomic mass is 16.4. The molecule has 6 heteroatoms. The third-order valence-corrected chi connectivity index (χ3v) is 4.50. The Balaban J connectivity index is 1.64. The van der Waals surface area contributed by atoms with Crippen LogP contribution in [-0.2, 0) is 4.79 Å². The number of urea groups is 1. The molecule has 1 aromatic carbocycles. The maximum Gasteiger partial charge on any atom is 0.319 e. The first-order chi connectivity index (χ1) is 10.6. The Labute approximate surface area is 129 Å². The van der Waals surface area contributed by atoms with E-state index in [1.165, 1.54) is 19.3 Å². The molecule has 0 radical (unpaired) electrons. The van der Waals surface area contributed by atoms with Gasteiger partial charge < -0.3 is 20.6 Å². The molecular formula is C16H21N3O3. The van der Waals surface area contributed by atoms with Crippen molar-refractivity contribution < 1.29 is 14.7 Å². The van der Waals surface area contributed by atoms with Crippen molar-refractivity contribution in [3.63, 3.8) is 0 Å². The molecule has 2 atom stereocenters. The zero-order valence-corrected chi connectivity index (χ0v) is 12.4. The maximum atomic E-state index is 11.9. The van der Waals surface area contributed by atoms with Crippen LogP contribution in [0.1, 0.15) is 25.7 Å². The van der Waals surface area contributed by atoms with Crippen molar-refractivity contribution in [2.24, 2.45) is 5.92 Å². The van der Waals surface area contributed by atoms with Gasteiger partial charge in [-0.15, -0.1) is 0 Å². The average Bonchev–Trinajstić information content (AvgIpc) is 3.10. The number of para-hydroxylation sites is 2. The minimum atomic E-state index is -0.922. The van der Waals surface area contributed by atoms with Gasteiger partial charge in [0.2, 0.25) is 0 Å². The number of carboxylic acid groups (broad SMARTS) is 1. The van der Waals surface area contributed by atoms with Crippen LogP contribution in [0.4, 0.5) is 16.2 Å². The van der Waals surface area contributed by atoms with E-state index in [-0.39, 0.29) is 19.0 Å². The molecule has 6 nitrogen and oxygen atoms in total. The van der Waals surface area contributed by atoms with Gasteiger partial charge in [0.1, 0.15) is 0 Å². The van der Waals surface area contributed by atoms with Crippen molar-refractivity contribution in [3.05, 3.63) is 24.3 Å². The smallest absolute Gasteiger partial charge is 0.319 e. The molecule has 1 aliphatic heterocycles. The van der Waals surface area contributed by atoms with E-state index >= 15 is 0 Å². The Hall–Kier alpha value is -2.24. The lowest BCUT2D eigenvalue weighted by Crippen LogP contribution is -2.34. The Morgan fingerprint density at radius 2 is 2.09 bits per heavy atom. The number of aliphatic carboxylic acids is 1. The van der Waals surface area contributed by atoms with E-state index in [4.69, 9.17) is 5.11 Å². The van der Waals surface area contributed by atoms with Crippen molar-refractivity contribution in [1.82, 2.24) is 5.32 Å². The van der Waals surface area contributed by atoms with Gasteiger partial charge in [0, 0.05) is 19.1 Å². The molecule has 3 rings (SSSR count). The Morgan fingerprint density at radius 1 is 1.27 bits per heavy atom. The zero-order valence-electron chi connectivity index (χ0n) is 12.4. The largest absolute Gasteiger partial charge is 0.481 e. The van der Waals surface area contributed by atoms with Gasteiger partial charge in [0.25, 0.3) is 0 Å². The number of anilines is 2.